The summed E-state index contributed by atoms with van der Waals surface area (Å²) in [5.41, 5.74) is 3.85. The van der Waals surface area contributed by atoms with E-state index in [9.17, 15) is 0 Å². The molecule has 2 aromatic carbocycles. The molecule has 0 N–H and O–H groups in total. The third kappa shape index (κ3) is 2.77. The van der Waals surface area contributed by atoms with Crippen LogP contribution in [0.3, 0.4) is 0 Å². The van der Waals surface area contributed by atoms with Gasteiger partial charge < -0.3 is 4.57 Å². The van der Waals surface area contributed by atoms with Gasteiger partial charge >= 0.3 is 0 Å². The van der Waals surface area contributed by atoms with Crippen molar-refractivity contribution in [1.82, 2.24) is 14.5 Å². The Labute approximate surface area is 149 Å². The Morgan fingerprint density at radius 1 is 0.917 bits per heavy atom. The Kier molecular flexibility index (Phi) is 3.97. The number of halogens is 2. The number of hydrogen-bond donors (Lipinski definition) is 0. The minimum atomic E-state index is 0.438. The first-order chi connectivity index (χ1) is 11.7. The van der Waals surface area contributed by atoms with Crippen molar-refractivity contribution in [1.29, 1.82) is 0 Å². The van der Waals surface area contributed by atoms with E-state index in [0.29, 0.717) is 16.7 Å². The van der Waals surface area contributed by atoms with Crippen molar-refractivity contribution in [2.75, 3.05) is 0 Å². The van der Waals surface area contributed by atoms with E-state index in [1.165, 1.54) is 5.56 Å². The fourth-order valence-corrected chi connectivity index (χ4v) is 3.16. The van der Waals surface area contributed by atoms with Crippen LogP contribution in [0, 0.1) is 0 Å². The molecule has 0 aliphatic carbocycles. The monoisotopic (exact) mass is 353 g/mol. The number of aromatic nitrogens is 3. The largest absolute Gasteiger partial charge is 0.319 e. The molecule has 0 unspecified atom stereocenters. The molecule has 4 aromatic rings. The fraction of sp³-hybridized carbons (Fsp3) is 0.0526. The van der Waals surface area contributed by atoms with E-state index in [-0.39, 0.29) is 0 Å². The van der Waals surface area contributed by atoms with Crippen LogP contribution in [-0.4, -0.2) is 14.5 Å². The van der Waals surface area contributed by atoms with E-state index in [0.717, 1.165) is 22.4 Å². The average molecular weight is 354 g/mol. The van der Waals surface area contributed by atoms with Crippen LogP contribution in [0.15, 0.2) is 66.9 Å². The van der Waals surface area contributed by atoms with Gasteiger partial charge in [-0.3, -0.25) is 0 Å². The smallest absolute Gasteiger partial charge is 0.144 e. The zero-order chi connectivity index (χ0) is 16.5. The first kappa shape index (κ1) is 15.2. The van der Waals surface area contributed by atoms with E-state index >= 15 is 0 Å². The van der Waals surface area contributed by atoms with Crippen LogP contribution in [0.4, 0.5) is 0 Å². The second kappa shape index (κ2) is 6.27. The second-order valence-corrected chi connectivity index (χ2v) is 6.28. The SMILES string of the molecule is Clc1ccc2c(c1)nc(-c1cccnc1Cl)n2Cc1ccccc1. The lowest BCUT2D eigenvalue weighted by Gasteiger charge is -2.10. The molecule has 0 fully saturated rings. The minimum absolute atomic E-state index is 0.438. The van der Waals surface area contributed by atoms with Crippen LogP contribution in [0.5, 0.6) is 0 Å². The summed E-state index contributed by atoms with van der Waals surface area (Å²) in [5.74, 6) is 0.786. The van der Waals surface area contributed by atoms with Crippen LogP contribution in [-0.2, 0) is 6.54 Å². The highest BCUT2D eigenvalue weighted by molar-refractivity contribution is 6.32. The van der Waals surface area contributed by atoms with Gasteiger partial charge in [-0.05, 0) is 35.9 Å². The molecule has 0 saturated carbocycles. The summed E-state index contributed by atoms with van der Waals surface area (Å²) in [6.07, 6.45) is 1.67. The van der Waals surface area contributed by atoms with Gasteiger partial charge in [0.15, 0.2) is 0 Å². The molecule has 5 heteroatoms. The Hall–Kier alpha value is -2.36. The molecule has 0 bridgehead atoms. The number of nitrogens with zero attached hydrogens (tertiary/aromatic N) is 3. The van der Waals surface area contributed by atoms with Crippen molar-refractivity contribution in [3.05, 3.63) is 82.6 Å². The van der Waals surface area contributed by atoms with Crippen molar-refractivity contribution in [2.24, 2.45) is 0 Å². The van der Waals surface area contributed by atoms with E-state index < -0.39 is 0 Å². The number of fused-ring (bicyclic) bond motifs is 1. The van der Waals surface area contributed by atoms with Gasteiger partial charge in [-0.15, -0.1) is 0 Å². The Morgan fingerprint density at radius 2 is 1.75 bits per heavy atom. The van der Waals surface area contributed by atoms with Crippen LogP contribution < -0.4 is 0 Å². The molecule has 118 valence electrons. The standard InChI is InChI=1S/C19H13Cl2N3/c20-14-8-9-17-16(11-14)23-19(15-7-4-10-22-18(15)21)24(17)12-13-5-2-1-3-6-13/h1-11H,12H2. The molecular formula is C19H13Cl2N3. The normalized spacial score (nSPS) is 11.1. The zero-order valence-corrected chi connectivity index (χ0v) is 14.2. The summed E-state index contributed by atoms with van der Waals surface area (Å²) in [7, 11) is 0. The van der Waals surface area contributed by atoms with Gasteiger partial charge in [-0.25, -0.2) is 9.97 Å². The number of imidazole rings is 1. The van der Waals surface area contributed by atoms with Gasteiger partial charge in [-0.2, -0.15) is 0 Å². The molecule has 24 heavy (non-hydrogen) atoms. The summed E-state index contributed by atoms with van der Waals surface area (Å²) >= 11 is 12.4. The number of rotatable bonds is 3. The summed E-state index contributed by atoms with van der Waals surface area (Å²) in [6, 6.07) is 19.8. The second-order valence-electron chi connectivity index (χ2n) is 5.48. The third-order valence-corrected chi connectivity index (χ3v) is 4.43. The molecule has 0 radical (unpaired) electrons. The van der Waals surface area contributed by atoms with Crippen molar-refractivity contribution < 1.29 is 0 Å². The van der Waals surface area contributed by atoms with Crippen molar-refractivity contribution in [3.63, 3.8) is 0 Å². The lowest BCUT2D eigenvalue weighted by atomic mass is 10.2. The molecule has 2 aromatic heterocycles. The molecular weight excluding hydrogens is 341 g/mol. The molecule has 2 heterocycles. The van der Waals surface area contributed by atoms with Crippen LogP contribution >= 0.6 is 23.2 Å². The number of hydrogen-bond acceptors (Lipinski definition) is 2. The highest BCUT2D eigenvalue weighted by Gasteiger charge is 2.16. The molecule has 0 aliphatic heterocycles. The predicted octanol–water partition coefficient (Wildman–Crippen LogP) is 5.45. The van der Waals surface area contributed by atoms with Gasteiger partial charge in [0.2, 0.25) is 0 Å². The van der Waals surface area contributed by atoms with Gasteiger partial charge in [0.1, 0.15) is 11.0 Å². The Bertz CT molecular complexity index is 1010. The summed E-state index contributed by atoms with van der Waals surface area (Å²) in [5, 5.41) is 1.10. The third-order valence-electron chi connectivity index (χ3n) is 3.89. The van der Waals surface area contributed by atoms with E-state index in [1.807, 2.05) is 48.5 Å². The zero-order valence-electron chi connectivity index (χ0n) is 12.7. The average Bonchev–Trinajstić information content (AvgIpc) is 2.93. The topological polar surface area (TPSA) is 30.7 Å². The number of pyridine rings is 1. The van der Waals surface area contributed by atoms with E-state index in [4.69, 9.17) is 28.2 Å². The molecule has 0 saturated heterocycles. The Morgan fingerprint density at radius 3 is 2.54 bits per heavy atom. The quantitative estimate of drug-likeness (QED) is 0.458. The van der Waals surface area contributed by atoms with E-state index in [1.54, 1.807) is 6.20 Å². The molecule has 0 amide bonds. The lowest BCUT2D eigenvalue weighted by Crippen LogP contribution is -2.02. The Balaban J connectivity index is 1.95. The van der Waals surface area contributed by atoms with Crippen molar-refractivity contribution in [2.45, 2.75) is 6.54 Å². The highest BCUT2D eigenvalue weighted by Crippen LogP contribution is 2.30. The van der Waals surface area contributed by atoms with Gasteiger partial charge in [0, 0.05) is 17.8 Å². The lowest BCUT2D eigenvalue weighted by molar-refractivity contribution is 0.834. The van der Waals surface area contributed by atoms with Crippen molar-refractivity contribution >= 4 is 34.2 Å². The maximum absolute atomic E-state index is 6.30. The molecule has 0 spiro atoms. The minimum Gasteiger partial charge on any atom is -0.319 e. The fourth-order valence-electron chi connectivity index (χ4n) is 2.79. The summed E-state index contributed by atoms with van der Waals surface area (Å²) in [4.78, 5) is 8.93. The highest BCUT2D eigenvalue weighted by atomic mass is 35.5. The van der Waals surface area contributed by atoms with Crippen LogP contribution in [0.1, 0.15) is 5.56 Å². The summed E-state index contributed by atoms with van der Waals surface area (Å²) < 4.78 is 2.14. The first-order valence-corrected chi connectivity index (χ1v) is 8.28. The first-order valence-electron chi connectivity index (χ1n) is 7.53. The number of benzene rings is 2. The van der Waals surface area contributed by atoms with Gasteiger partial charge in [-0.1, -0.05) is 53.5 Å². The van der Waals surface area contributed by atoms with E-state index in [2.05, 4.69) is 21.7 Å². The molecule has 0 aliphatic rings. The van der Waals surface area contributed by atoms with Gasteiger partial charge in [0.05, 0.1) is 16.6 Å². The van der Waals surface area contributed by atoms with Crippen LogP contribution in [0.25, 0.3) is 22.4 Å². The molecule has 4 rings (SSSR count). The van der Waals surface area contributed by atoms with Crippen LogP contribution in [0.2, 0.25) is 10.2 Å². The molecule has 3 nitrogen and oxygen atoms in total. The molecule has 0 atom stereocenters. The van der Waals surface area contributed by atoms with Crippen molar-refractivity contribution in [3.8, 4) is 11.4 Å². The maximum Gasteiger partial charge on any atom is 0.144 e. The maximum atomic E-state index is 6.30. The summed E-state index contributed by atoms with van der Waals surface area (Å²) in [6.45, 7) is 0.694. The van der Waals surface area contributed by atoms with Gasteiger partial charge in [0.25, 0.3) is 0 Å². The predicted molar refractivity (Wildman–Crippen MR) is 98.5 cm³/mol.